The number of nitro groups is 1. The minimum Gasteiger partial charge on any atom is -0.435 e. The summed E-state index contributed by atoms with van der Waals surface area (Å²) >= 11 is 3.14. The smallest absolute Gasteiger partial charge is 0.288 e. The van der Waals surface area contributed by atoms with Crippen molar-refractivity contribution in [3.8, 4) is 11.6 Å². The molecule has 2 aromatic rings. The number of nitrogens with zero attached hydrogens (tertiary/aromatic N) is 2. The van der Waals surface area contributed by atoms with Crippen molar-refractivity contribution in [1.82, 2.24) is 4.98 Å². The largest absolute Gasteiger partial charge is 0.435 e. The second-order valence-corrected chi connectivity index (χ2v) is 4.76. The Morgan fingerprint density at radius 1 is 1.43 bits per heavy atom. The number of primary amides is 1. The van der Waals surface area contributed by atoms with Gasteiger partial charge in [0.05, 0.1) is 4.92 Å². The van der Waals surface area contributed by atoms with Gasteiger partial charge >= 0.3 is 0 Å². The number of halogens is 2. The summed E-state index contributed by atoms with van der Waals surface area (Å²) < 4.78 is 19.3. The van der Waals surface area contributed by atoms with Crippen LogP contribution in [0.25, 0.3) is 0 Å². The Hall–Kier alpha value is -2.55. The van der Waals surface area contributed by atoms with Crippen LogP contribution in [0.15, 0.2) is 34.9 Å². The molecular formula is C12H7BrFN3O4. The van der Waals surface area contributed by atoms with E-state index in [4.69, 9.17) is 10.5 Å². The number of aromatic nitrogens is 1. The zero-order valence-electron chi connectivity index (χ0n) is 10.2. The fourth-order valence-corrected chi connectivity index (χ4v) is 1.80. The van der Waals surface area contributed by atoms with Gasteiger partial charge in [0.25, 0.3) is 11.6 Å². The number of amides is 1. The monoisotopic (exact) mass is 355 g/mol. The Bertz CT molecular complexity index is 738. The molecule has 1 aromatic heterocycles. The third-order valence-corrected chi connectivity index (χ3v) is 2.91. The predicted molar refractivity (Wildman–Crippen MR) is 73.6 cm³/mol. The average molecular weight is 356 g/mol. The van der Waals surface area contributed by atoms with Crippen LogP contribution in [0.1, 0.15) is 10.4 Å². The van der Waals surface area contributed by atoms with Gasteiger partial charge in [-0.3, -0.25) is 14.9 Å². The first-order chi connectivity index (χ1) is 9.88. The minimum absolute atomic E-state index is 0.201. The van der Waals surface area contributed by atoms with Gasteiger partial charge in [-0.25, -0.2) is 9.37 Å². The molecule has 2 N–H and O–H groups in total. The predicted octanol–water partition coefficient (Wildman–Crippen LogP) is 2.78. The SMILES string of the molecule is NC(=O)c1cc([N+](=O)[O-])cnc1Oc1cc(Br)ccc1F. The molecule has 1 aromatic carbocycles. The molecule has 1 amide bonds. The van der Waals surface area contributed by atoms with Crippen LogP contribution in [0.5, 0.6) is 11.6 Å². The van der Waals surface area contributed by atoms with Crippen LogP contribution in [0.2, 0.25) is 0 Å². The summed E-state index contributed by atoms with van der Waals surface area (Å²) in [4.78, 5) is 24.9. The maximum atomic E-state index is 13.6. The van der Waals surface area contributed by atoms with Gasteiger partial charge in [0, 0.05) is 10.5 Å². The molecule has 0 spiro atoms. The Morgan fingerprint density at radius 2 is 2.14 bits per heavy atom. The Labute approximate surface area is 125 Å². The molecule has 0 saturated heterocycles. The van der Waals surface area contributed by atoms with E-state index >= 15 is 0 Å². The van der Waals surface area contributed by atoms with Crippen molar-refractivity contribution in [3.63, 3.8) is 0 Å². The molecule has 0 saturated carbocycles. The first-order valence-electron chi connectivity index (χ1n) is 5.45. The zero-order valence-corrected chi connectivity index (χ0v) is 11.8. The number of hydrogen-bond donors (Lipinski definition) is 1. The highest BCUT2D eigenvalue weighted by Crippen LogP contribution is 2.29. The van der Waals surface area contributed by atoms with E-state index < -0.39 is 22.3 Å². The van der Waals surface area contributed by atoms with Gasteiger partial charge in [-0.15, -0.1) is 0 Å². The third-order valence-electron chi connectivity index (χ3n) is 2.41. The summed E-state index contributed by atoms with van der Waals surface area (Å²) in [5.41, 5.74) is 4.38. The number of benzene rings is 1. The summed E-state index contributed by atoms with van der Waals surface area (Å²) in [6, 6.07) is 4.85. The quantitative estimate of drug-likeness (QED) is 0.669. The molecule has 7 nitrogen and oxygen atoms in total. The van der Waals surface area contributed by atoms with Crippen LogP contribution in [0.3, 0.4) is 0 Å². The molecule has 0 atom stereocenters. The van der Waals surface area contributed by atoms with Gasteiger partial charge in [0.15, 0.2) is 11.6 Å². The van der Waals surface area contributed by atoms with Crippen molar-refractivity contribution in [2.24, 2.45) is 5.73 Å². The van der Waals surface area contributed by atoms with Gasteiger partial charge in [-0.05, 0) is 18.2 Å². The Morgan fingerprint density at radius 3 is 2.76 bits per heavy atom. The maximum Gasteiger partial charge on any atom is 0.288 e. The fourth-order valence-electron chi connectivity index (χ4n) is 1.46. The lowest BCUT2D eigenvalue weighted by Crippen LogP contribution is -2.13. The summed E-state index contributed by atoms with van der Waals surface area (Å²) in [6.07, 6.45) is 0.887. The van der Waals surface area contributed by atoms with Crippen LogP contribution < -0.4 is 10.5 Å². The van der Waals surface area contributed by atoms with Crippen LogP contribution >= 0.6 is 15.9 Å². The molecule has 9 heteroatoms. The standard InChI is InChI=1S/C12H7BrFN3O4/c13-6-1-2-9(14)10(3-6)21-12-8(11(15)18)4-7(5-16-12)17(19)20/h1-5H,(H2,15,18). The number of ether oxygens (including phenoxy) is 1. The van der Waals surface area contributed by atoms with Gasteiger partial charge < -0.3 is 10.5 Å². The molecule has 0 aliphatic heterocycles. The maximum absolute atomic E-state index is 13.6. The molecular weight excluding hydrogens is 349 g/mol. The Kier molecular flexibility index (Phi) is 4.13. The Balaban J connectivity index is 2.46. The molecule has 108 valence electrons. The molecule has 0 unspecified atom stereocenters. The third kappa shape index (κ3) is 3.31. The highest BCUT2D eigenvalue weighted by atomic mass is 79.9. The van der Waals surface area contributed by atoms with Crippen molar-refractivity contribution in [3.05, 3.63) is 56.4 Å². The highest BCUT2D eigenvalue weighted by molar-refractivity contribution is 9.10. The summed E-state index contributed by atoms with van der Waals surface area (Å²) in [7, 11) is 0. The molecule has 0 radical (unpaired) electrons. The number of pyridine rings is 1. The van der Waals surface area contributed by atoms with E-state index in [-0.39, 0.29) is 17.2 Å². The van der Waals surface area contributed by atoms with E-state index in [0.717, 1.165) is 18.3 Å². The topological polar surface area (TPSA) is 108 Å². The lowest BCUT2D eigenvalue weighted by Gasteiger charge is -2.08. The van der Waals surface area contributed by atoms with E-state index in [1.807, 2.05) is 0 Å². The van der Waals surface area contributed by atoms with E-state index in [2.05, 4.69) is 20.9 Å². The van der Waals surface area contributed by atoms with Crippen LogP contribution in [-0.2, 0) is 0 Å². The number of hydrogen-bond acceptors (Lipinski definition) is 5. The van der Waals surface area contributed by atoms with Crippen molar-refractivity contribution in [2.75, 3.05) is 0 Å². The van der Waals surface area contributed by atoms with Gasteiger partial charge in [0.2, 0.25) is 5.88 Å². The van der Waals surface area contributed by atoms with E-state index in [1.54, 1.807) is 0 Å². The lowest BCUT2D eigenvalue weighted by atomic mass is 10.2. The van der Waals surface area contributed by atoms with Crippen LogP contribution in [-0.4, -0.2) is 15.8 Å². The van der Waals surface area contributed by atoms with Gasteiger partial charge in [-0.2, -0.15) is 0 Å². The number of carbonyl (C=O) groups is 1. The van der Waals surface area contributed by atoms with Gasteiger partial charge in [-0.1, -0.05) is 15.9 Å². The summed E-state index contributed by atoms with van der Waals surface area (Å²) in [6.45, 7) is 0. The highest BCUT2D eigenvalue weighted by Gasteiger charge is 2.19. The molecule has 2 rings (SSSR count). The van der Waals surface area contributed by atoms with Crippen molar-refractivity contribution < 1.29 is 18.8 Å². The van der Waals surface area contributed by atoms with Crippen LogP contribution in [0.4, 0.5) is 10.1 Å². The van der Waals surface area contributed by atoms with Crippen molar-refractivity contribution >= 4 is 27.5 Å². The second kappa shape index (κ2) is 5.83. The van der Waals surface area contributed by atoms with E-state index in [9.17, 15) is 19.3 Å². The van der Waals surface area contributed by atoms with E-state index in [0.29, 0.717) is 4.47 Å². The molecule has 0 aliphatic carbocycles. The summed E-state index contributed by atoms with van der Waals surface area (Å²) in [5.74, 6) is -2.18. The number of rotatable bonds is 4. The second-order valence-electron chi connectivity index (χ2n) is 3.84. The number of carbonyl (C=O) groups excluding carboxylic acids is 1. The van der Waals surface area contributed by atoms with Gasteiger partial charge in [0.1, 0.15) is 11.8 Å². The molecule has 0 bridgehead atoms. The first-order valence-corrected chi connectivity index (χ1v) is 6.25. The average Bonchev–Trinajstić information content (AvgIpc) is 2.42. The lowest BCUT2D eigenvalue weighted by molar-refractivity contribution is -0.385. The zero-order chi connectivity index (χ0) is 15.6. The first kappa shape index (κ1) is 14.9. The molecule has 1 heterocycles. The summed E-state index contributed by atoms with van der Waals surface area (Å²) in [5, 5.41) is 10.7. The van der Waals surface area contributed by atoms with E-state index in [1.165, 1.54) is 12.1 Å². The molecule has 0 fully saturated rings. The normalized spacial score (nSPS) is 10.2. The minimum atomic E-state index is -0.975. The number of nitrogens with two attached hydrogens (primary N) is 1. The molecule has 0 aliphatic rings. The fraction of sp³-hybridized carbons (Fsp3) is 0. The van der Waals surface area contributed by atoms with Crippen LogP contribution in [0, 0.1) is 15.9 Å². The molecule has 21 heavy (non-hydrogen) atoms. The van der Waals surface area contributed by atoms with Crippen molar-refractivity contribution in [2.45, 2.75) is 0 Å². The van der Waals surface area contributed by atoms with Crippen molar-refractivity contribution in [1.29, 1.82) is 0 Å².